The molecule has 186 valence electrons. The van der Waals surface area contributed by atoms with Crippen LogP contribution in [0.1, 0.15) is 48.8 Å². The third-order valence-corrected chi connectivity index (χ3v) is 6.86. The van der Waals surface area contributed by atoms with Gasteiger partial charge in [0.2, 0.25) is 0 Å². The third kappa shape index (κ3) is 4.13. The molecule has 37 heavy (non-hydrogen) atoms. The lowest BCUT2D eigenvalue weighted by Gasteiger charge is -2.35. The van der Waals surface area contributed by atoms with Gasteiger partial charge in [-0.05, 0) is 86.3 Å². The number of imidazole rings is 1. The fraction of sp³-hybridized carbons (Fsp3) is 0.226. The minimum absolute atomic E-state index is 0.178. The molecule has 1 atom stereocenters. The minimum Gasteiger partial charge on any atom is -0.497 e. The Balaban J connectivity index is 1.94. The Morgan fingerprint density at radius 1 is 1.16 bits per heavy atom. The number of fused-ring (bicyclic) bond motifs is 3. The minimum atomic E-state index is -0.178. The SMILES string of the molecule is C=C(C)CC(c1ccco1)N(c1ccc(OC)cc1)c1c(CC)c(C)c(C#N)c2nc3ccccc3n12. The topological polar surface area (TPSA) is 66.7 Å². The van der Waals surface area contributed by atoms with Crippen molar-refractivity contribution in [3.63, 3.8) is 0 Å². The van der Waals surface area contributed by atoms with E-state index in [1.165, 1.54) is 0 Å². The van der Waals surface area contributed by atoms with Crippen molar-refractivity contribution in [3.05, 3.63) is 102 Å². The lowest BCUT2D eigenvalue weighted by atomic mass is 9.98. The second-order valence-corrected chi connectivity index (χ2v) is 9.29. The first-order valence-corrected chi connectivity index (χ1v) is 12.4. The van der Waals surface area contributed by atoms with Crippen LogP contribution in [0.3, 0.4) is 0 Å². The van der Waals surface area contributed by atoms with E-state index < -0.39 is 0 Å². The highest BCUT2D eigenvalue weighted by molar-refractivity contribution is 5.87. The number of nitriles is 1. The van der Waals surface area contributed by atoms with Crippen LogP contribution in [0.5, 0.6) is 5.75 Å². The molecule has 6 nitrogen and oxygen atoms in total. The number of benzene rings is 2. The summed E-state index contributed by atoms with van der Waals surface area (Å²) in [5.41, 5.74) is 7.08. The van der Waals surface area contributed by atoms with E-state index in [0.29, 0.717) is 17.6 Å². The molecular weight excluding hydrogens is 460 g/mol. The van der Waals surface area contributed by atoms with E-state index in [2.05, 4.69) is 47.1 Å². The molecule has 5 rings (SSSR count). The zero-order valence-electron chi connectivity index (χ0n) is 21.7. The van der Waals surface area contributed by atoms with Crippen molar-refractivity contribution >= 4 is 28.2 Å². The molecule has 0 saturated carbocycles. The van der Waals surface area contributed by atoms with Gasteiger partial charge in [-0.1, -0.05) is 24.6 Å². The van der Waals surface area contributed by atoms with Gasteiger partial charge in [0, 0.05) is 5.69 Å². The summed E-state index contributed by atoms with van der Waals surface area (Å²) in [7, 11) is 1.67. The van der Waals surface area contributed by atoms with Crippen LogP contribution in [0.25, 0.3) is 16.7 Å². The molecule has 5 aromatic rings. The first-order chi connectivity index (χ1) is 18.0. The smallest absolute Gasteiger partial charge is 0.157 e. The molecule has 0 aliphatic rings. The number of pyridine rings is 1. The molecule has 0 radical (unpaired) electrons. The second-order valence-electron chi connectivity index (χ2n) is 9.29. The van der Waals surface area contributed by atoms with E-state index in [1.807, 2.05) is 56.3 Å². The number of rotatable bonds is 8. The zero-order valence-corrected chi connectivity index (χ0v) is 21.7. The molecule has 0 saturated heterocycles. The Kier molecular flexibility index (Phi) is 6.45. The van der Waals surface area contributed by atoms with Crippen LogP contribution in [0, 0.1) is 18.3 Å². The molecule has 0 spiro atoms. The quantitative estimate of drug-likeness (QED) is 0.209. The van der Waals surface area contributed by atoms with Gasteiger partial charge in [-0.25, -0.2) is 4.98 Å². The summed E-state index contributed by atoms with van der Waals surface area (Å²) in [5, 5.41) is 10.2. The standard InChI is InChI=1S/C31H30N4O2/c1-6-24-21(4)25(19-32)30-33-26-10-7-8-11-27(26)35(30)31(24)34(22-13-15-23(36-5)16-14-22)28(18-20(2)3)29-12-9-17-37-29/h7-17,28H,2,6,18H2,1,3-5H3. The van der Waals surface area contributed by atoms with Gasteiger partial charge in [0.1, 0.15) is 23.4 Å². The number of ether oxygens (including phenoxy) is 1. The van der Waals surface area contributed by atoms with Gasteiger partial charge in [0.15, 0.2) is 5.65 Å². The zero-order chi connectivity index (χ0) is 26.1. The number of aromatic nitrogens is 2. The Morgan fingerprint density at radius 2 is 1.92 bits per heavy atom. The lowest BCUT2D eigenvalue weighted by Crippen LogP contribution is -2.28. The lowest BCUT2D eigenvalue weighted by molar-refractivity contribution is 0.414. The van der Waals surface area contributed by atoms with E-state index >= 15 is 0 Å². The number of hydrogen-bond donors (Lipinski definition) is 0. The summed E-state index contributed by atoms with van der Waals surface area (Å²) in [4.78, 5) is 7.23. The fourth-order valence-corrected chi connectivity index (χ4v) is 5.16. The van der Waals surface area contributed by atoms with E-state index in [-0.39, 0.29) is 6.04 Å². The van der Waals surface area contributed by atoms with Crippen LogP contribution in [0.15, 0.2) is 83.5 Å². The monoisotopic (exact) mass is 490 g/mol. The molecule has 6 heteroatoms. The van der Waals surface area contributed by atoms with Crippen molar-refractivity contribution in [1.82, 2.24) is 9.38 Å². The maximum Gasteiger partial charge on any atom is 0.157 e. The van der Waals surface area contributed by atoms with E-state index in [1.54, 1.807) is 13.4 Å². The van der Waals surface area contributed by atoms with Gasteiger partial charge < -0.3 is 14.1 Å². The molecule has 2 aromatic carbocycles. The summed E-state index contributed by atoms with van der Waals surface area (Å²) >= 11 is 0. The summed E-state index contributed by atoms with van der Waals surface area (Å²) in [6, 6.07) is 22.3. The average molecular weight is 491 g/mol. The van der Waals surface area contributed by atoms with E-state index in [0.717, 1.165) is 57.2 Å². The fourth-order valence-electron chi connectivity index (χ4n) is 5.16. The van der Waals surface area contributed by atoms with Gasteiger partial charge in [-0.3, -0.25) is 4.40 Å². The van der Waals surface area contributed by atoms with Crippen LogP contribution in [-0.4, -0.2) is 16.5 Å². The first-order valence-electron chi connectivity index (χ1n) is 12.4. The molecule has 3 heterocycles. The highest BCUT2D eigenvalue weighted by atomic mass is 16.5. The molecule has 0 N–H and O–H groups in total. The maximum atomic E-state index is 10.2. The number of para-hydroxylation sites is 2. The van der Waals surface area contributed by atoms with Crippen molar-refractivity contribution in [1.29, 1.82) is 5.26 Å². The van der Waals surface area contributed by atoms with Crippen LogP contribution >= 0.6 is 0 Å². The average Bonchev–Trinajstić information content (AvgIpc) is 3.57. The van der Waals surface area contributed by atoms with Crippen molar-refractivity contribution in [3.8, 4) is 11.8 Å². The Bertz CT molecular complexity index is 1620. The molecule has 0 bridgehead atoms. The molecule has 3 aromatic heterocycles. The van der Waals surface area contributed by atoms with Gasteiger partial charge in [-0.15, -0.1) is 6.58 Å². The van der Waals surface area contributed by atoms with Gasteiger partial charge in [-0.2, -0.15) is 5.26 Å². The predicted octanol–water partition coefficient (Wildman–Crippen LogP) is 7.68. The third-order valence-electron chi connectivity index (χ3n) is 6.86. The highest BCUT2D eigenvalue weighted by Crippen LogP contribution is 2.44. The van der Waals surface area contributed by atoms with Crippen molar-refractivity contribution in [2.75, 3.05) is 12.0 Å². The number of hydrogen-bond acceptors (Lipinski definition) is 5. The number of methoxy groups -OCH3 is 1. The maximum absolute atomic E-state index is 10.2. The van der Waals surface area contributed by atoms with Crippen molar-refractivity contribution < 1.29 is 9.15 Å². The Morgan fingerprint density at radius 3 is 2.54 bits per heavy atom. The Labute approximate surface area is 217 Å². The number of anilines is 2. The molecule has 0 aliphatic carbocycles. The molecule has 0 fully saturated rings. The summed E-state index contributed by atoms with van der Waals surface area (Å²) < 4.78 is 13.6. The highest BCUT2D eigenvalue weighted by Gasteiger charge is 2.31. The number of furan rings is 1. The molecule has 1 unspecified atom stereocenters. The normalized spacial score (nSPS) is 12.0. The van der Waals surface area contributed by atoms with Crippen LogP contribution < -0.4 is 9.64 Å². The largest absolute Gasteiger partial charge is 0.497 e. The van der Waals surface area contributed by atoms with Crippen LogP contribution in [0.2, 0.25) is 0 Å². The van der Waals surface area contributed by atoms with Crippen molar-refractivity contribution in [2.45, 2.75) is 39.7 Å². The van der Waals surface area contributed by atoms with E-state index in [9.17, 15) is 5.26 Å². The van der Waals surface area contributed by atoms with Gasteiger partial charge in [0.05, 0.1) is 36.0 Å². The molecular formula is C31H30N4O2. The Hall–Kier alpha value is -4.50. The van der Waals surface area contributed by atoms with Crippen LogP contribution in [0.4, 0.5) is 11.5 Å². The molecule has 0 amide bonds. The van der Waals surface area contributed by atoms with Crippen molar-refractivity contribution in [2.24, 2.45) is 0 Å². The van der Waals surface area contributed by atoms with Crippen LogP contribution in [-0.2, 0) is 6.42 Å². The van der Waals surface area contributed by atoms with Gasteiger partial charge in [0.25, 0.3) is 0 Å². The second kappa shape index (κ2) is 9.87. The predicted molar refractivity (Wildman–Crippen MR) is 148 cm³/mol. The molecule has 0 aliphatic heterocycles. The number of nitrogens with zero attached hydrogens (tertiary/aromatic N) is 4. The summed E-state index contributed by atoms with van der Waals surface area (Å²) in [6.45, 7) is 10.4. The summed E-state index contributed by atoms with van der Waals surface area (Å²) in [5.74, 6) is 2.58. The first kappa shape index (κ1) is 24.2. The van der Waals surface area contributed by atoms with Gasteiger partial charge >= 0.3 is 0 Å². The summed E-state index contributed by atoms with van der Waals surface area (Å²) in [6.07, 6.45) is 3.12. The van der Waals surface area contributed by atoms with E-state index in [4.69, 9.17) is 14.1 Å².